The number of fused-ring (bicyclic) bond motifs is 1. The summed E-state index contributed by atoms with van der Waals surface area (Å²) in [7, 11) is -3.38. The van der Waals surface area contributed by atoms with Crippen LogP contribution in [0.5, 0.6) is 5.75 Å². The first kappa shape index (κ1) is 14.8. The standard InChI is InChI=1S/C13H18N2O4S/c1-2-11-13(16)15-10-8-9(4-5-12(10)19-11)20(17,18)7-3-6-14/h4-5,8,11H,2-3,6-7,14H2,1H3,(H,15,16). The van der Waals surface area contributed by atoms with E-state index in [1.807, 2.05) is 6.92 Å². The van der Waals surface area contributed by atoms with Gasteiger partial charge >= 0.3 is 0 Å². The zero-order chi connectivity index (χ0) is 14.8. The van der Waals surface area contributed by atoms with Crippen LogP contribution in [0.15, 0.2) is 23.1 Å². The minimum atomic E-state index is -3.38. The lowest BCUT2D eigenvalue weighted by Gasteiger charge is -2.25. The van der Waals surface area contributed by atoms with Gasteiger partial charge in [-0.1, -0.05) is 6.92 Å². The van der Waals surface area contributed by atoms with Crippen molar-refractivity contribution in [2.45, 2.75) is 30.8 Å². The van der Waals surface area contributed by atoms with Crippen LogP contribution in [-0.4, -0.2) is 32.7 Å². The number of sulfone groups is 1. The van der Waals surface area contributed by atoms with Gasteiger partial charge in [-0.05, 0) is 37.6 Å². The molecule has 0 spiro atoms. The Balaban J connectivity index is 2.29. The van der Waals surface area contributed by atoms with E-state index in [0.29, 0.717) is 30.8 Å². The van der Waals surface area contributed by atoms with Crippen LogP contribution in [0.2, 0.25) is 0 Å². The lowest BCUT2D eigenvalue weighted by atomic mass is 10.2. The van der Waals surface area contributed by atoms with Crippen molar-refractivity contribution in [1.29, 1.82) is 0 Å². The summed E-state index contributed by atoms with van der Waals surface area (Å²) in [5, 5.41) is 2.68. The fourth-order valence-corrected chi connectivity index (χ4v) is 3.34. The molecule has 1 aromatic carbocycles. The van der Waals surface area contributed by atoms with E-state index in [-0.39, 0.29) is 16.6 Å². The van der Waals surface area contributed by atoms with Crippen molar-refractivity contribution >= 4 is 21.4 Å². The van der Waals surface area contributed by atoms with E-state index >= 15 is 0 Å². The number of anilines is 1. The Kier molecular flexibility index (Phi) is 4.29. The molecule has 0 aromatic heterocycles. The summed E-state index contributed by atoms with van der Waals surface area (Å²) >= 11 is 0. The molecule has 1 amide bonds. The average Bonchev–Trinajstić information content (AvgIpc) is 2.43. The first-order valence-electron chi connectivity index (χ1n) is 6.52. The summed E-state index contributed by atoms with van der Waals surface area (Å²) in [6, 6.07) is 4.51. The number of rotatable bonds is 5. The lowest BCUT2D eigenvalue weighted by Crippen LogP contribution is -2.36. The second-order valence-corrected chi connectivity index (χ2v) is 6.73. The Morgan fingerprint density at radius 3 is 2.80 bits per heavy atom. The summed E-state index contributed by atoms with van der Waals surface area (Å²) in [6.45, 7) is 2.17. The van der Waals surface area contributed by atoms with E-state index in [0.717, 1.165) is 0 Å². The first-order valence-corrected chi connectivity index (χ1v) is 8.17. The van der Waals surface area contributed by atoms with Gasteiger partial charge in [0.2, 0.25) is 0 Å². The Labute approximate surface area is 118 Å². The van der Waals surface area contributed by atoms with Crippen molar-refractivity contribution in [3.63, 3.8) is 0 Å². The predicted molar refractivity (Wildman–Crippen MR) is 75.5 cm³/mol. The summed E-state index contributed by atoms with van der Waals surface area (Å²) in [4.78, 5) is 11.9. The number of hydrogen-bond acceptors (Lipinski definition) is 5. The third kappa shape index (κ3) is 2.94. The molecule has 0 aliphatic carbocycles. The molecule has 1 aliphatic rings. The van der Waals surface area contributed by atoms with E-state index in [1.165, 1.54) is 12.1 Å². The maximum atomic E-state index is 12.1. The molecule has 0 saturated carbocycles. The molecule has 1 atom stereocenters. The van der Waals surface area contributed by atoms with Crippen LogP contribution in [0, 0.1) is 0 Å². The van der Waals surface area contributed by atoms with Crippen molar-refractivity contribution in [2.24, 2.45) is 5.73 Å². The van der Waals surface area contributed by atoms with Crippen LogP contribution in [0.1, 0.15) is 19.8 Å². The van der Waals surface area contributed by atoms with Crippen molar-refractivity contribution in [1.82, 2.24) is 0 Å². The Hall–Kier alpha value is -1.60. The highest BCUT2D eigenvalue weighted by Gasteiger charge is 2.27. The quantitative estimate of drug-likeness (QED) is 0.842. The Morgan fingerprint density at radius 1 is 1.40 bits per heavy atom. The van der Waals surface area contributed by atoms with E-state index in [9.17, 15) is 13.2 Å². The van der Waals surface area contributed by atoms with Crippen molar-refractivity contribution < 1.29 is 17.9 Å². The van der Waals surface area contributed by atoms with Crippen molar-refractivity contribution in [2.75, 3.05) is 17.6 Å². The van der Waals surface area contributed by atoms with Crippen molar-refractivity contribution in [3.8, 4) is 5.75 Å². The molecule has 0 saturated heterocycles. The zero-order valence-corrected chi connectivity index (χ0v) is 12.1. The molecule has 0 radical (unpaired) electrons. The molecule has 0 bridgehead atoms. The van der Waals surface area contributed by atoms with E-state index in [2.05, 4.69) is 5.32 Å². The van der Waals surface area contributed by atoms with Crippen LogP contribution in [0.3, 0.4) is 0 Å². The molecule has 6 nitrogen and oxygen atoms in total. The largest absolute Gasteiger partial charge is 0.478 e. The number of carbonyl (C=O) groups is 1. The first-order chi connectivity index (χ1) is 9.47. The maximum absolute atomic E-state index is 12.1. The lowest BCUT2D eigenvalue weighted by molar-refractivity contribution is -0.123. The molecular formula is C13H18N2O4S. The number of hydrogen-bond donors (Lipinski definition) is 2. The third-order valence-electron chi connectivity index (χ3n) is 3.12. The molecule has 7 heteroatoms. The van der Waals surface area contributed by atoms with Crippen molar-refractivity contribution in [3.05, 3.63) is 18.2 Å². The van der Waals surface area contributed by atoms with Gasteiger partial charge in [0.25, 0.3) is 5.91 Å². The smallest absolute Gasteiger partial charge is 0.265 e. The summed E-state index contributed by atoms with van der Waals surface area (Å²) in [6.07, 6.45) is 0.435. The van der Waals surface area contributed by atoms with Gasteiger partial charge in [0.05, 0.1) is 16.3 Å². The predicted octanol–water partition coefficient (Wildman–Crippen LogP) is 0.919. The zero-order valence-electron chi connectivity index (χ0n) is 11.3. The van der Waals surface area contributed by atoms with Crippen LogP contribution in [-0.2, 0) is 14.6 Å². The average molecular weight is 298 g/mol. The molecule has 0 fully saturated rings. The Morgan fingerprint density at radius 2 is 2.15 bits per heavy atom. The van der Waals surface area contributed by atoms with E-state index in [4.69, 9.17) is 10.5 Å². The molecule has 3 N–H and O–H groups in total. The number of carbonyl (C=O) groups excluding carboxylic acids is 1. The minimum absolute atomic E-state index is 0.00528. The van der Waals surface area contributed by atoms with Gasteiger partial charge in [-0.2, -0.15) is 0 Å². The topological polar surface area (TPSA) is 98.5 Å². The summed E-state index contributed by atoms with van der Waals surface area (Å²) in [5.74, 6) is 0.236. The van der Waals surface area contributed by atoms with Gasteiger partial charge in [0, 0.05) is 0 Å². The SMILES string of the molecule is CCC1Oc2ccc(S(=O)(=O)CCCN)cc2NC1=O. The van der Waals surface area contributed by atoms with Gasteiger partial charge in [-0.15, -0.1) is 0 Å². The molecule has 20 heavy (non-hydrogen) atoms. The highest BCUT2D eigenvalue weighted by atomic mass is 32.2. The van der Waals surface area contributed by atoms with Gasteiger partial charge in [0.15, 0.2) is 15.9 Å². The van der Waals surface area contributed by atoms with Gasteiger partial charge in [-0.25, -0.2) is 8.42 Å². The molecule has 1 unspecified atom stereocenters. The van der Waals surface area contributed by atoms with E-state index in [1.54, 1.807) is 6.07 Å². The number of nitrogens with one attached hydrogen (secondary N) is 1. The van der Waals surface area contributed by atoms with Gasteiger partial charge < -0.3 is 15.8 Å². The summed E-state index contributed by atoms with van der Waals surface area (Å²) < 4.78 is 29.7. The highest BCUT2D eigenvalue weighted by molar-refractivity contribution is 7.91. The normalized spacial score (nSPS) is 18.1. The number of amides is 1. The molecule has 1 heterocycles. The molecule has 1 aliphatic heterocycles. The Bertz CT molecular complexity index is 613. The molecular weight excluding hydrogens is 280 g/mol. The fraction of sp³-hybridized carbons (Fsp3) is 0.462. The van der Waals surface area contributed by atoms with Gasteiger partial charge in [0.1, 0.15) is 5.75 Å². The molecule has 2 rings (SSSR count). The second kappa shape index (κ2) is 5.80. The highest BCUT2D eigenvalue weighted by Crippen LogP contribution is 2.32. The number of benzene rings is 1. The maximum Gasteiger partial charge on any atom is 0.265 e. The van der Waals surface area contributed by atoms with Crippen LogP contribution in [0.25, 0.3) is 0 Å². The number of nitrogens with two attached hydrogens (primary N) is 1. The van der Waals surface area contributed by atoms with E-state index < -0.39 is 15.9 Å². The second-order valence-electron chi connectivity index (χ2n) is 4.62. The van der Waals surface area contributed by atoms with Crippen LogP contribution < -0.4 is 15.8 Å². The summed E-state index contributed by atoms with van der Waals surface area (Å²) in [5.41, 5.74) is 5.73. The number of ether oxygens (including phenoxy) is 1. The third-order valence-corrected chi connectivity index (χ3v) is 4.92. The minimum Gasteiger partial charge on any atom is -0.478 e. The molecule has 110 valence electrons. The van der Waals surface area contributed by atoms with Crippen LogP contribution >= 0.6 is 0 Å². The monoisotopic (exact) mass is 298 g/mol. The van der Waals surface area contributed by atoms with Crippen LogP contribution in [0.4, 0.5) is 5.69 Å². The van der Waals surface area contributed by atoms with Gasteiger partial charge in [-0.3, -0.25) is 4.79 Å². The molecule has 1 aromatic rings. The fourth-order valence-electron chi connectivity index (χ4n) is 1.98.